The largest absolute Gasteiger partial charge is 0.370 e. The molecular weight excluding hydrogens is 278 g/mol. The minimum absolute atomic E-state index is 0.295. The van der Waals surface area contributed by atoms with E-state index in [4.69, 9.17) is 0 Å². The third-order valence-electron chi connectivity index (χ3n) is 4.00. The van der Waals surface area contributed by atoms with Crippen LogP contribution in [0.25, 0.3) is 5.65 Å². The Morgan fingerprint density at radius 3 is 3.09 bits per heavy atom. The SMILES string of the molecule is CCCc1cc(NCCCN2CCCC2=O)n2nccc2n1. The molecule has 0 saturated carbocycles. The molecule has 1 aliphatic heterocycles. The van der Waals surface area contributed by atoms with Crippen LogP contribution in [-0.4, -0.2) is 45.0 Å². The van der Waals surface area contributed by atoms with Gasteiger partial charge in [0, 0.05) is 43.9 Å². The maximum absolute atomic E-state index is 11.6. The molecule has 118 valence electrons. The van der Waals surface area contributed by atoms with Gasteiger partial charge in [0.05, 0.1) is 6.20 Å². The number of carbonyl (C=O) groups is 1. The van der Waals surface area contributed by atoms with Crippen molar-refractivity contribution in [1.82, 2.24) is 19.5 Å². The van der Waals surface area contributed by atoms with Crippen molar-refractivity contribution >= 4 is 17.4 Å². The maximum Gasteiger partial charge on any atom is 0.222 e. The number of nitrogens with zero attached hydrogens (tertiary/aromatic N) is 4. The van der Waals surface area contributed by atoms with E-state index in [-0.39, 0.29) is 0 Å². The summed E-state index contributed by atoms with van der Waals surface area (Å²) < 4.78 is 1.83. The summed E-state index contributed by atoms with van der Waals surface area (Å²) in [5, 5.41) is 7.75. The predicted molar refractivity (Wildman–Crippen MR) is 85.9 cm³/mol. The van der Waals surface area contributed by atoms with E-state index in [2.05, 4.69) is 28.4 Å². The van der Waals surface area contributed by atoms with Crippen LogP contribution in [0.15, 0.2) is 18.3 Å². The van der Waals surface area contributed by atoms with Crippen molar-refractivity contribution < 1.29 is 4.79 Å². The monoisotopic (exact) mass is 301 g/mol. The maximum atomic E-state index is 11.6. The Balaban J connectivity index is 1.60. The summed E-state index contributed by atoms with van der Waals surface area (Å²) in [4.78, 5) is 18.1. The van der Waals surface area contributed by atoms with Crippen molar-refractivity contribution in [3.8, 4) is 0 Å². The molecule has 1 fully saturated rings. The molecular formula is C16H23N5O. The lowest BCUT2D eigenvalue weighted by Gasteiger charge is -2.16. The van der Waals surface area contributed by atoms with Gasteiger partial charge in [0.15, 0.2) is 5.65 Å². The zero-order valence-corrected chi connectivity index (χ0v) is 13.1. The Labute approximate surface area is 130 Å². The lowest BCUT2D eigenvalue weighted by molar-refractivity contribution is -0.127. The summed E-state index contributed by atoms with van der Waals surface area (Å²) in [5.74, 6) is 1.27. The quantitative estimate of drug-likeness (QED) is 0.796. The highest BCUT2D eigenvalue weighted by Gasteiger charge is 2.18. The molecule has 0 unspecified atom stereocenters. The second-order valence-corrected chi connectivity index (χ2v) is 5.75. The van der Waals surface area contributed by atoms with E-state index in [1.807, 2.05) is 15.5 Å². The molecule has 0 spiro atoms. The van der Waals surface area contributed by atoms with Crippen LogP contribution < -0.4 is 5.32 Å². The topological polar surface area (TPSA) is 62.5 Å². The third kappa shape index (κ3) is 3.21. The van der Waals surface area contributed by atoms with Gasteiger partial charge in [0.25, 0.3) is 0 Å². The van der Waals surface area contributed by atoms with Crippen molar-refractivity contribution in [2.45, 2.75) is 39.0 Å². The minimum Gasteiger partial charge on any atom is -0.370 e. The molecule has 2 aromatic heterocycles. The highest BCUT2D eigenvalue weighted by molar-refractivity contribution is 5.78. The molecule has 0 aromatic carbocycles. The van der Waals surface area contributed by atoms with Crippen LogP contribution in [0.5, 0.6) is 0 Å². The van der Waals surface area contributed by atoms with Crippen LogP contribution in [0.4, 0.5) is 5.82 Å². The number of nitrogens with one attached hydrogen (secondary N) is 1. The number of aryl methyl sites for hydroxylation is 1. The minimum atomic E-state index is 0.295. The zero-order valence-electron chi connectivity index (χ0n) is 13.1. The summed E-state index contributed by atoms with van der Waals surface area (Å²) in [7, 11) is 0. The number of fused-ring (bicyclic) bond motifs is 1. The number of carbonyl (C=O) groups excluding carboxylic acids is 1. The first-order valence-corrected chi connectivity index (χ1v) is 8.13. The van der Waals surface area contributed by atoms with E-state index < -0.39 is 0 Å². The van der Waals surface area contributed by atoms with E-state index in [0.29, 0.717) is 12.3 Å². The van der Waals surface area contributed by atoms with Crippen LogP contribution in [-0.2, 0) is 11.2 Å². The Kier molecular flexibility index (Phi) is 4.56. The van der Waals surface area contributed by atoms with Gasteiger partial charge in [-0.05, 0) is 19.3 Å². The number of anilines is 1. The fourth-order valence-corrected chi connectivity index (χ4v) is 2.90. The molecule has 0 atom stereocenters. The first kappa shape index (κ1) is 14.8. The van der Waals surface area contributed by atoms with Gasteiger partial charge >= 0.3 is 0 Å². The van der Waals surface area contributed by atoms with Crippen molar-refractivity contribution in [3.05, 3.63) is 24.0 Å². The Morgan fingerprint density at radius 1 is 1.41 bits per heavy atom. The van der Waals surface area contributed by atoms with Gasteiger partial charge in [-0.2, -0.15) is 9.61 Å². The Morgan fingerprint density at radius 2 is 2.32 bits per heavy atom. The van der Waals surface area contributed by atoms with Gasteiger partial charge in [-0.1, -0.05) is 13.3 Å². The standard InChI is InChI=1S/C16H23N5O/c1-2-5-13-12-15(21-14(19-13)7-9-18-21)17-8-4-11-20-10-3-6-16(20)22/h7,9,12,17H,2-6,8,10-11H2,1H3. The fourth-order valence-electron chi connectivity index (χ4n) is 2.90. The second kappa shape index (κ2) is 6.77. The molecule has 1 amide bonds. The Hall–Kier alpha value is -2.11. The zero-order chi connectivity index (χ0) is 15.4. The normalized spacial score (nSPS) is 15.0. The van der Waals surface area contributed by atoms with Gasteiger partial charge in [0.1, 0.15) is 5.82 Å². The third-order valence-corrected chi connectivity index (χ3v) is 4.00. The molecule has 6 heteroatoms. The molecule has 3 rings (SSSR count). The highest BCUT2D eigenvalue weighted by atomic mass is 16.2. The van der Waals surface area contributed by atoms with Crippen LogP contribution in [0.2, 0.25) is 0 Å². The van der Waals surface area contributed by atoms with Crippen LogP contribution in [0.3, 0.4) is 0 Å². The van der Waals surface area contributed by atoms with E-state index >= 15 is 0 Å². The number of amides is 1. The summed E-state index contributed by atoms with van der Waals surface area (Å²) in [5.41, 5.74) is 1.97. The molecule has 1 N–H and O–H groups in total. The number of hydrogen-bond acceptors (Lipinski definition) is 4. The van der Waals surface area contributed by atoms with Crippen LogP contribution >= 0.6 is 0 Å². The number of likely N-dealkylation sites (tertiary alicyclic amines) is 1. The molecule has 22 heavy (non-hydrogen) atoms. The molecule has 0 radical (unpaired) electrons. The van der Waals surface area contributed by atoms with E-state index in [0.717, 1.165) is 62.5 Å². The van der Waals surface area contributed by atoms with E-state index in [1.54, 1.807) is 6.20 Å². The summed E-state index contributed by atoms with van der Waals surface area (Å²) in [6, 6.07) is 4.00. The smallest absolute Gasteiger partial charge is 0.222 e. The molecule has 6 nitrogen and oxygen atoms in total. The first-order chi connectivity index (χ1) is 10.8. The van der Waals surface area contributed by atoms with Crippen molar-refractivity contribution in [2.75, 3.05) is 25.0 Å². The molecule has 0 bridgehead atoms. The van der Waals surface area contributed by atoms with Crippen LogP contribution in [0.1, 0.15) is 38.3 Å². The van der Waals surface area contributed by atoms with Gasteiger partial charge in [-0.15, -0.1) is 0 Å². The summed E-state index contributed by atoms with van der Waals surface area (Å²) in [6.07, 6.45) is 6.48. The van der Waals surface area contributed by atoms with Gasteiger partial charge in [-0.3, -0.25) is 4.79 Å². The summed E-state index contributed by atoms with van der Waals surface area (Å²) in [6.45, 7) is 4.73. The predicted octanol–water partition coefficient (Wildman–Crippen LogP) is 2.11. The number of hydrogen-bond donors (Lipinski definition) is 1. The molecule has 0 aliphatic carbocycles. The van der Waals surface area contributed by atoms with Crippen molar-refractivity contribution in [2.24, 2.45) is 0 Å². The molecule has 1 saturated heterocycles. The van der Waals surface area contributed by atoms with E-state index in [9.17, 15) is 4.79 Å². The average molecular weight is 301 g/mol. The highest BCUT2D eigenvalue weighted by Crippen LogP contribution is 2.14. The molecule has 2 aromatic rings. The van der Waals surface area contributed by atoms with Crippen LogP contribution in [0, 0.1) is 0 Å². The fraction of sp³-hybridized carbons (Fsp3) is 0.562. The second-order valence-electron chi connectivity index (χ2n) is 5.75. The van der Waals surface area contributed by atoms with Gasteiger partial charge < -0.3 is 10.2 Å². The van der Waals surface area contributed by atoms with E-state index in [1.165, 1.54) is 0 Å². The van der Waals surface area contributed by atoms with Gasteiger partial charge in [-0.25, -0.2) is 4.98 Å². The first-order valence-electron chi connectivity index (χ1n) is 8.13. The lowest BCUT2D eigenvalue weighted by Crippen LogP contribution is -2.27. The summed E-state index contributed by atoms with van der Waals surface area (Å²) >= 11 is 0. The number of aromatic nitrogens is 3. The molecule has 3 heterocycles. The Bertz CT molecular complexity index is 651. The average Bonchev–Trinajstić information content (AvgIpc) is 3.13. The van der Waals surface area contributed by atoms with Crippen molar-refractivity contribution in [1.29, 1.82) is 0 Å². The number of rotatable bonds is 7. The van der Waals surface area contributed by atoms with Crippen molar-refractivity contribution in [3.63, 3.8) is 0 Å². The van der Waals surface area contributed by atoms with Gasteiger partial charge in [0.2, 0.25) is 5.91 Å². The molecule has 1 aliphatic rings. The lowest BCUT2D eigenvalue weighted by atomic mass is 10.2.